The Bertz CT molecular complexity index is 317. The van der Waals surface area contributed by atoms with Crippen LogP contribution in [0, 0.1) is 6.57 Å². The summed E-state index contributed by atoms with van der Waals surface area (Å²) in [7, 11) is 3.01. The number of aromatic nitrogens is 1. The number of methoxy groups -OCH3 is 2. The highest BCUT2D eigenvalue weighted by molar-refractivity contribution is 5.45. The second-order valence-corrected chi connectivity index (χ2v) is 1.99. The first-order chi connectivity index (χ1) is 5.81. The van der Waals surface area contributed by atoms with Gasteiger partial charge in [0.2, 0.25) is 5.75 Å². The van der Waals surface area contributed by atoms with E-state index in [1.54, 1.807) is 12.1 Å². The van der Waals surface area contributed by atoms with Gasteiger partial charge < -0.3 is 14.3 Å². The van der Waals surface area contributed by atoms with Gasteiger partial charge >= 0.3 is 5.88 Å². The average molecular weight is 164 g/mol. The molecule has 0 amide bonds. The van der Waals surface area contributed by atoms with E-state index >= 15 is 0 Å². The van der Waals surface area contributed by atoms with Crippen LogP contribution in [0.4, 0.5) is 5.82 Å². The van der Waals surface area contributed by atoms with Crippen LogP contribution in [0.15, 0.2) is 12.1 Å². The topological polar surface area (TPSA) is 35.7 Å². The Morgan fingerprint density at radius 2 is 2.08 bits per heavy atom. The zero-order chi connectivity index (χ0) is 8.97. The quantitative estimate of drug-likeness (QED) is 0.623. The van der Waals surface area contributed by atoms with Gasteiger partial charge in [0.1, 0.15) is 0 Å². The van der Waals surface area contributed by atoms with Crippen LogP contribution in [0.1, 0.15) is 0 Å². The monoisotopic (exact) mass is 164 g/mol. The van der Waals surface area contributed by atoms with Gasteiger partial charge in [-0.05, 0) is 12.1 Å². The molecule has 0 aliphatic heterocycles. The summed E-state index contributed by atoms with van der Waals surface area (Å²) >= 11 is 0. The normalized spacial score (nSPS) is 8.75. The fourth-order valence-electron chi connectivity index (χ4n) is 0.782. The van der Waals surface area contributed by atoms with Gasteiger partial charge in [-0.3, -0.25) is 0 Å². The Morgan fingerprint density at radius 3 is 2.58 bits per heavy atom. The number of hydrogen-bond donors (Lipinski definition) is 0. The number of ether oxygens (including phenoxy) is 2. The van der Waals surface area contributed by atoms with E-state index < -0.39 is 0 Å². The minimum Gasteiger partial charge on any atom is -0.490 e. The average Bonchev–Trinajstić information content (AvgIpc) is 2.16. The van der Waals surface area contributed by atoms with Crippen molar-refractivity contribution in [1.29, 1.82) is 0 Å². The first-order valence-corrected chi connectivity index (χ1v) is 3.28. The lowest BCUT2D eigenvalue weighted by Gasteiger charge is -2.01. The van der Waals surface area contributed by atoms with Gasteiger partial charge in [-0.1, -0.05) is 11.6 Å². The number of hydrogen-bond acceptors (Lipinski definition) is 3. The molecule has 0 radical (unpaired) electrons. The summed E-state index contributed by atoms with van der Waals surface area (Å²) in [4.78, 5) is 7.04. The van der Waals surface area contributed by atoms with Crippen LogP contribution in [-0.2, 0) is 0 Å². The molecule has 0 aromatic carbocycles. The van der Waals surface area contributed by atoms with Crippen molar-refractivity contribution in [2.45, 2.75) is 0 Å². The van der Waals surface area contributed by atoms with Crippen molar-refractivity contribution < 1.29 is 9.47 Å². The number of nitrogens with zero attached hydrogens (tertiary/aromatic N) is 2. The van der Waals surface area contributed by atoms with Crippen LogP contribution in [-0.4, -0.2) is 19.2 Å². The third-order valence-electron chi connectivity index (χ3n) is 1.34. The molecule has 0 atom stereocenters. The maximum Gasteiger partial charge on any atom is 0.352 e. The largest absolute Gasteiger partial charge is 0.490 e. The van der Waals surface area contributed by atoms with Crippen molar-refractivity contribution in [3.63, 3.8) is 0 Å². The zero-order valence-corrected chi connectivity index (χ0v) is 6.87. The predicted molar refractivity (Wildman–Crippen MR) is 43.6 cm³/mol. The van der Waals surface area contributed by atoms with E-state index in [9.17, 15) is 0 Å². The van der Waals surface area contributed by atoms with Crippen molar-refractivity contribution in [3.05, 3.63) is 23.5 Å². The SMILES string of the molecule is [C-]#[N+]c1ccc(OC)c(OC)n1. The fraction of sp³-hybridized carbons (Fsp3) is 0.250. The lowest BCUT2D eigenvalue weighted by Crippen LogP contribution is -1.92. The highest BCUT2D eigenvalue weighted by atomic mass is 16.5. The summed E-state index contributed by atoms with van der Waals surface area (Å²) in [5.41, 5.74) is 0. The lowest BCUT2D eigenvalue weighted by atomic mass is 10.4. The van der Waals surface area contributed by atoms with E-state index in [4.69, 9.17) is 16.0 Å². The molecule has 0 aliphatic carbocycles. The molecule has 0 unspecified atom stereocenters. The number of rotatable bonds is 2. The summed E-state index contributed by atoms with van der Waals surface area (Å²) in [6.07, 6.45) is 0. The van der Waals surface area contributed by atoms with Crippen LogP contribution in [0.3, 0.4) is 0 Å². The molecule has 0 N–H and O–H groups in total. The summed E-state index contributed by atoms with van der Waals surface area (Å²) in [5.74, 6) is 1.17. The molecule has 0 spiro atoms. The minimum absolute atomic E-state index is 0.299. The Hall–Kier alpha value is -1.76. The highest BCUT2D eigenvalue weighted by Gasteiger charge is 2.08. The molecule has 62 valence electrons. The van der Waals surface area contributed by atoms with E-state index in [1.165, 1.54) is 14.2 Å². The van der Waals surface area contributed by atoms with Gasteiger partial charge in [0.25, 0.3) is 5.82 Å². The van der Waals surface area contributed by atoms with Crippen molar-refractivity contribution in [1.82, 2.24) is 4.98 Å². The van der Waals surface area contributed by atoms with Crippen molar-refractivity contribution >= 4 is 5.82 Å². The van der Waals surface area contributed by atoms with Crippen LogP contribution >= 0.6 is 0 Å². The van der Waals surface area contributed by atoms with E-state index in [1.807, 2.05) is 0 Å². The molecule has 0 bridgehead atoms. The molecule has 1 aromatic heterocycles. The summed E-state index contributed by atoms with van der Waals surface area (Å²) in [6.45, 7) is 6.71. The van der Waals surface area contributed by atoms with Crippen molar-refractivity contribution in [2.24, 2.45) is 0 Å². The Kier molecular flexibility index (Phi) is 2.49. The molecule has 1 aromatic rings. The molecular weight excluding hydrogens is 156 g/mol. The van der Waals surface area contributed by atoms with E-state index in [0.29, 0.717) is 17.4 Å². The number of pyridine rings is 1. The van der Waals surface area contributed by atoms with Gasteiger partial charge in [0.05, 0.1) is 14.2 Å². The molecule has 0 aliphatic rings. The maximum atomic E-state index is 6.71. The summed E-state index contributed by atoms with van der Waals surface area (Å²) in [6, 6.07) is 3.23. The second kappa shape index (κ2) is 3.58. The van der Waals surface area contributed by atoms with Gasteiger partial charge in [-0.25, -0.2) is 0 Å². The molecule has 4 nitrogen and oxygen atoms in total. The standard InChI is InChI=1S/C8H8N2O2/c1-9-7-5-4-6(11-2)8(10-7)12-3/h4-5H,2-3H3. The summed E-state index contributed by atoms with van der Waals surface area (Å²) < 4.78 is 9.84. The van der Waals surface area contributed by atoms with Crippen LogP contribution in [0.2, 0.25) is 0 Å². The van der Waals surface area contributed by atoms with E-state index in [-0.39, 0.29) is 0 Å². The molecule has 1 rings (SSSR count). The van der Waals surface area contributed by atoms with Crippen LogP contribution in [0.5, 0.6) is 11.6 Å². The third-order valence-corrected chi connectivity index (χ3v) is 1.34. The van der Waals surface area contributed by atoms with Crippen LogP contribution in [0.25, 0.3) is 4.85 Å². The molecule has 0 saturated heterocycles. The Morgan fingerprint density at radius 1 is 1.33 bits per heavy atom. The molecular formula is C8H8N2O2. The predicted octanol–water partition coefficient (Wildman–Crippen LogP) is 1.65. The van der Waals surface area contributed by atoms with Gasteiger partial charge in [0.15, 0.2) is 0 Å². The van der Waals surface area contributed by atoms with Gasteiger partial charge in [-0.2, -0.15) is 0 Å². The first-order valence-electron chi connectivity index (χ1n) is 3.28. The molecule has 12 heavy (non-hydrogen) atoms. The molecule has 4 heteroatoms. The minimum atomic E-state index is 0.299. The first kappa shape index (κ1) is 8.34. The van der Waals surface area contributed by atoms with Crippen LogP contribution < -0.4 is 9.47 Å². The summed E-state index contributed by atoms with van der Waals surface area (Å²) in [5, 5.41) is 0. The highest BCUT2D eigenvalue weighted by Crippen LogP contribution is 2.26. The van der Waals surface area contributed by atoms with E-state index in [0.717, 1.165) is 0 Å². The smallest absolute Gasteiger partial charge is 0.352 e. The molecule has 1 heterocycles. The Balaban J connectivity index is 3.13. The molecule has 0 saturated carbocycles. The lowest BCUT2D eigenvalue weighted by molar-refractivity contribution is 0.343. The molecule has 0 fully saturated rings. The second-order valence-electron chi connectivity index (χ2n) is 1.99. The Labute approximate surface area is 70.6 Å². The third kappa shape index (κ3) is 1.45. The van der Waals surface area contributed by atoms with Crippen molar-refractivity contribution in [2.75, 3.05) is 14.2 Å². The van der Waals surface area contributed by atoms with Crippen molar-refractivity contribution in [3.8, 4) is 11.6 Å². The zero-order valence-electron chi connectivity index (χ0n) is 6.87. The van der Waals surface area contributed by atoms with E-state index in [2.05, 4.69) is 9.83 Å². The van der Waals surface area contributed by atoms with Gasteiger partial charge in [0, 0.05) is 0 Å². The fourth-order valence-corrected chi connectivity index (χ4v) is 0.782. The maximum absolute atomic E-state index is 6.71. The van der Waals surface area contributed by atoms with Gasteiger partial charge in [-0.15, -0.1) is 0 Å².